The molecule has 0 aliphatic heterocycles. The van der Waals surface area contributed by atoms with Gasteiger partial charge in [-0.25, -0.2) is 14.4 Å². The van der Waals surface area contributed by atoms with Gasteiger partial charge in [0.2, 0.25) is 10.5 Å². The second-order valence-electron chi connectivity index (χ2n) is 3.71. The molecule has 0 spiro atoms. The van der Waals surface area contributed by atoms with E-state index in [-0.39, 0.29) is 5.56 Å². The maximum atomic E-state index is 12.3. The summed E-state index contributed by atoms with van der Waals surface area (Å²) < 4.78 is 1.65. The van der Waals surface area contributed by atoms with Crippen LogP contribution >= 0.6 is 12.2 Å². The summed E-state index contributed by atoms with van der Waals surface area (Å²) in [4.78, 5) is 23.1. The zero-order chi connectivity index (χ0) is 12.5. The molecule has 0 radical (unpaired) electrons. The molecule has 0 atom stereocenters. The summed E-state index contributed by atoms with van der Waals surface area (Å²) in [6, 6.07) is 9.38. The van der Waals surface area contributed by atoms with E-state index in [1.807, 2.05) is 30.3 Å². The molecule has 88 valence electrons. The largest absolute Gasteiger partial charge is 0.300 e. The second kappa shape index (κ2) is 4.15. The smallest absolute Gasteiger partial charge is 0.268 e. The average molecular weight is 256 g/mol. The Kier molecular flexibility index (Phi) is 2.49. The van der Waals surface area contributed by atoms with E-state index in [4.69, 9.17) is 12.2 Å². The van der Waals surface area contributed by atoms with Gasteiger partial charge in [-0.05, 0) is 17.8 Å². The van der Waals surface area contributed by atoms with Gasteiger partial charge in [-0.2, -0.15) is 0 Å². The lowest BCUT2D eigenvalue weighted by Crippen LogP contribution is -2.18. The third kappa shape index (κ3) is 1.72. The van der Waals surface area contributed by atoms with Gasteiger partial charge >= 0.3 is 0 Å². The number of hydrogen-bond donors (Lipinski definition) is 1. The van der Waals surface area contributed by atoms with Gasteiger partial charge in [0, 0.05) is 6.20 Å². The zero-order valence-electron chi connectivity index (χ0n) is 9.20. The first-order chi connectivity index (χ1) is 8.75. The summed E-state index contributed by atoms with van der Waals surface area (Å²) >= 11 is 4.89. The highest BCUT2D eigenvalue weighted by Gasteiger charge is 2.06. The standard InChI is InChI=1S/C12H8N4OS/c17-10-9(8-4-2-1-3-5-8)6-13-11-15-12(18)14-7-16(10)11/h1-7H,(H,13,15,18). The molecule has 3 rings (SSSR count). The monoisotopic (exact) mass is 256 g/mol. The molecule has 0 saturated heterocycles. The molecule has 0 saturated carbocycles. The van der Waals surface area contributed by atoms with E-state index in [9.17, 15) is 4.79 Å². The first-order valence-electron chi connectivity index (χ1n) is 5.28. The molecular weight excluding hydrogens is 248 g/mol. The number of aromatic amines is 1. The Morgan fingerprint density at radius 1 is 1.17 bits per heavy atom. The van der Waals surface area contributed by atoms with Crippen LogP contribution < -0.4 is 5.56 Å². The van der Waals surface area contributed by atoms with Crippen LogP contribution in [0.4, 0.5) is 0 Å². The number of aromatic nitrogens is 4. The Labute approximate surface area is 107 Å². The highest BCUT2D eigenvalue weighted by molar-refractivity contribution is 7.71. The number of H-pyrrole nitrogens is 1. The van der Waals surface area contributed by atoms with Crippen LogP contribution in [0.3, 0.4) is 0 Å². The fourth-order valence-electron chi connectivity index (χ4n) is 1.72. The number of benzene rings is 1. The van der Waals surface area contributed by atoms with Gasteiger partial charge in [-0.3, -0.25) is 4.79 Å². The molecule has 2 aromatic heterocycles. The summed E-state index contributed by atoms with van der Waals surface area (Å²) in [6.07, 6.45) is 2.92. The van der Waals surface area contributed by atoms with Gasteiger partial charge in [0.1, 0.15) is 6.33 Å². The van der Waals surface area contributed by atoms with Crippen molar-refractivity contribution in [1.29, 1.82) is 0 Å². The molecule has 1 N–H and O–H groups in total. The van der Waals surface area contributed by atoms with Crippen molar-refractivity contribution < 1.29 is 0 Å². The number of hydrogen-bond acceptors (Lipinski definition) is 4. The lowest BCUT2D eigenvalue weighted by Gasteiger charge is -2.03. The molecule has 18 heavy (non-hydrogen) atoms. The van der Waals surface area contributed by atoms with Gasteiger partial charge in [0.05, 0.1) is 5.56 Å². The summed E-state index contributed by atoms with van der Waals surface area (Å²) in [7, 11) is 0. The predicted molar refractivity (Wildman–Crippen MR) is 69.9 cm³/mol. The highest BCUT2D eigenvalue weighted by atomic mass is 32.1. The highest BCUT2D eigenvalue weighted by Crippen LogP contribution is 2.13. The Morgan fingerprint density at radius 3 is 2.72 bits per heavy atom. The quantitative estimate of drug-likeness (QED) is 0.674. The van der Waals surface area contributed by atoms with Crippen LogP contribution in [0.1, 0.15) is 0 Å². The average Bonchev–Trinajstić information content (AvgIpc) is 2.40. The van der Waals surface area contributed by atoms with Gasteiger partial charge in [-0.15, -0.1) is 0 Å². The van der Waals surface area contributed by atoms with Gasteiger partial charge < -0.3 is 4.98 Å². The third-order valence-electron chi connectivity index (χ3n) is 2.59. The van der Waals surface area contributed by atoms with Crippen molar-refractivity contribution in [3.05, 3.63) is 58.0 Å². The van der Waals surface area contributed by atoms with E-state index >= 15 is 0 Å². The maximum Gasteiger partial charge on any atom is 0.268 e. The molecule has 0 bridgehead atoms. The number of nitrogens with zero attached hydrogens (tertiary/aromatic N) is 3. The van der Waals surface area contributed by atoms with Gasteiger partial charge in [0.25, 0.3) is 5.56 Å². The van der Waals surface area contributed by atoms with Crippen molar-refractivity contribution in [3.63, 3.8) is 0 Å². The molecule has 0 unspecified atom stereocenters. The van der Waals surface area contributed by atoms with Crippen LogP contribution in [0.2, 0.25) is 0 Å². The summed E-state index contributed by atoms with van der Waals surface area (Å²) in [6.45, 7) is 0. The third-order valence-corrected chi connectivity index (χ3v) is 2.79. The molecule has 0 aliphatic rings. The predicted octanol–water partition coefficient (Wildman–Crippen LogP) is 1.81. The van der Waals surface area contributed by atoms with E-state index < -0.39 is 0 Å². The van der Waals surface area contributed by atoms with Gasteiger partial charge in [-0.1, -0.05) is 30.3 Å². The van der Waals surface area contributed by atoms with Crippen molar-refractivity contribution in [2.24, 2.45) is 0 Å². The van der Waals surface area contributed by atoms with Crippen molar-refractivity contribution in [2.45, 2.75) is 0 Å². The fraction of sp³-hybridized carbons (Fsp3) is 0. The minimum absolute atomic E-state index is 0.176. The molecule has 2 heterocycles. The maximum absolute atomic E-state index is 12.3. The van der Waals surface area contributed by atoms with Crippen LogP contribution in [-0.4, -0.2) is 19.4 Å². The Morgan fingerprint density at radius 2 is 1.94 bits per heavy atom. The van der Waals surface area contributed by atoms with Crippen LogP contribution in [-0.2, 0) is 0 Å². The first-order valence-corrected chi connectivity index (χ1v) is 5.68. The van der Waals surface area contributed by atoms with Crippen LogP contribution in [0.25, 0.3) is 16.9 Å². The van der Waals surface area contributed by atoms with Crippen molar-refractivity contribution in [2.75, 3.05) is 0 Å². The van der Waals surface area contributed by atoms with E-state index in [0.29, 0.717) is 16.1 Å². The van der Waals surface area contributed by atoms with Crippen LogP contribution in [0, 0.1) is 4.77 Å². The Hall–Kier alpha value is -2.34. The van der Waals surface area contributed by atoms with E-state index in [1.165, 1.54) is 16.9 Å². The van der Waals surface area contributed by atoms with Crippen molar-refractivity contribution in [3.8, 4) is 11.1 Å². The molecule has 6 heteroatoms. The zero-order valence-corrected chi connectivity index (χ0v) is 10.0. The lowest BCUT2D eigenvalue weighted by atomic mass is 10.1. The molecule has 5 nitrogen and oxygen atoms in total. The molecule has 0 fully saturated rings. The van der Waals surface area contributed by atoms with Crippen molar-refractivity contribution in [1.82, 2.24) is 19.4 Å². The lowest BCUT2D eigenvalue weighted by molar-refractivity contribution is 0.927. The fourth-order valence-corrected chi connectivity index (χ4v) is 1.86. The normalized spacial score (nSPS) is 10.7. The topological polar surface area (TPSA) is 63.0 Å². The van der Waals surface area contributed by atoms with Crippen molar-refractivity contribution >= 4 is 18.0 Å². The molecule has 3 aromatic rings. The Bertz CT molecular complexity index is 823. The Balaban J connectivity index is 2.34. The molecule has 1 aromatic carbocycles. The summed E-state index contributed by atoms with van der Waals surface area (Å²) in [5, 5.41) is 0. The van der Waals surface area contributed by atoms with E-state index in [2.05, 4.69) is 15.0 Å². The van der Waals surface area contributed by atoms with Gasteiger partial charge in [0.15, 0.2) is 0 Å². The van der Waals surface area contributed by atoms with E-state index in [0.717, 1.165) is 5.56 Å². The minimum Gasteiger partial charge on any atom is -0.300 e. The SMILES string of the molecule is O=c1c(-c2ccccc2)cnc2[nH]c(=S)ncn12. The second-order valence-corrected chi connectivity index (χ2v) is 4.10. The number of fused-ring (bicyclic) bond motifs is 1. The summed E-state index contributed by atoms with van der Waals surface area (Å²) in [5.41, 5.74) is 1.18. The van der Waals surface area contributed by atoms with Crippen LogP contribution in [0.5, 0.6) is 0 Å². The molecule has 0 aliphatic carbocycles. The summed E-state index contributed by atoms with van der Waals surface area (Å²) in [5.74, 6) is 0.389. The number of nitrogens with one attached hydrogen (secondary N) is 1. The number of rotatable bonds is 1. The first kappa shape index (κ1) is 10.8. The molecule has 0 amide bonds. The molecular formula is C12H8N4OS. The minimum atomic E-state index is -0.176. The van der Waals surface area contributed by atoms with E-state index in [1.54, 1.807) is 0 Å². The van der Waals surface area contributed by atoms with Crippen LogP contribution in [0.15, 0.2) is 47.7 Å².